The summed E-state index contributed by atoms with van der Waals surface area (Å²) in [5.74, 6) is 0.255. The van der Waals surface area contributed by atoms with Gasteiger partial charge in [0.25, 0.3) is 11.7 Å². The van der Waals surface area contributed by atoms with Gasteiger partial charge in [-0.05, 0) is 31.9 Å². The summed E-state index contributed by atoms with van der Waals surface area (Å²) >= 11 is 0. The number of nitrogens with zero attached hydrogens (tertiary/aromatic N) is 2. The lowest BCUT2D eigenvalue weighted by Gasteiger charge is -2.12. The fraction of sp³-hybridized carbons (Fsp3) is 0.400. The molecule has 2 unspecified atom stereocenters. The summed E-state index contributed by atoms with van der Waals surface area (Å²) < 4.78 is 5.17. The Labute approximate surface area is 122 Å². The summed E-state index contributed by atoms with van der Waals surface area (Å²) in [6.45, 7) is 2.87. The van der Waals surface area contributed by atoms with Gasteiger partial charge < -0.3 is 15.2 Å². The Morgan fingerprint density at radius 3 is 2.95 bits per heavy atom. The topological polar surface area (TPSA) is 80.0 Å². The minimum atomic E-state index is -0.320. The van der Waals surface area contributed by atoms with Gasteiger partial charge >= 0.3 is 0 Å². The molecule has 1 aliphatic rings. The van der Waals surface area contributed by atoms with Crippen molar-refractivity contribution in [1.29, 1.82) is 0 Å². The molecule has 1 aliphatic heterocycles. The van der Waals surface area contributed by atoms with E-state index in [-0.39, 0.29) is 23.8 Å². The predicted octanol–water partition coefficient (Wildman–Crippen LogP) is 1.99. The third kappa shape index (κ3) is 3.11. The highest BCUT2D eigenvalue weighted by atomic mass is 16.5. The molecule has 2 atom stereocenters. The monoisotopic (exact) mass is 286 g/mol. The second-order valence-corrected chi connectivity index (χ2v) is 5.21. The van der Waals surface area contributed by atoms with Gasteiger partial charge in [-0.2, -0.15) is 4.98 Å². The Morgan fingerprint density at radius 1 is 1.43 bits per heavy atom. The van der Waals surface area contributed by atoms with Gasteiger partial charge in [0.05, 0.1) is 12.1 Å². The van der Waals surface area contributed by atoms with Crippen LogP contribution in [0.4, 0.5) is 0 Å². The smallest absolute Gasteiger partial charge is 0.293 e. The molecule has 3 rings (SSSR count). The maximum Gasteiger partial charge on any atom is 0.293 e. The van der Waals surface area contributed by atoms with Crippen molar-refractivity contribution in [3.05, 3.63) is 47.6 Å². The number of hydrogen-bond donors (Lipinski definition) is 2. The van der Waals surface area contributed by atoms with Crippen molar-refractivity contribution >= 4 is 5.91 Å². The lowest BCUT2D eigenvalue weighted by Crippen LogP contribution is -2.27. The van der Waals surface area contributed by atoms with Crippen molar-refractivity contribution in [1.82, 2.24) is 20.8 Å². The molecule has 0 aliphatic carbocycles. The summed E-state index contributed by atoms with van der Waals surface area (Å²) in [6.07, 6.45) is 2.04. The van der Waals surface area contributed by atoms with Crippen molar-refractivity contribution < 1.29 is 9.32 Å². The number of amides is 1. The molecule has 21 heavy (non-hydrogen) atoms. The standard InChI is InChI=1S/C15H18N4O2/c1-10(11-6-3-2-4-7-11)17-14(20)13-18-15(21-19-13)12-8-5-9-16-12/h2-4,6-7,10,12,16H,5,8-9H2,1H3,(H,17,20). The molecule has 6 nitrogen and oxygen atoms in total. The van der Waals surface area contributed by atoms with Gasteiger partial charge in [-0.1, -0.05) is 35.5 Å². The zero-order valence-electron chi connectivity index (χ0n) is 11.9. The number of carbonyl (C=O) groups is 1. The SMILES string of the molecule is CC(NC(=O)c1noc(C2CCCN2)n1)c1ccccc1. The number of rotatable bonds is 4. The first-order chi connectivity index (χ1) is 10.2. The first-order valence-corrected chi connectivity index (χ1v) is 7.17. The van der Waals surface area contributed by atoms with Crippen LogP contribution in [0.5, 0.6) is 0 Å². The van der Waals surface area contributed by atoms with E-state index in [4.69, 9.17) is 4.52 Å². The molecule has 0 spiro atoms. The third-order valence-electron chi connectivity index (χ3n) is 3.65. The van der Waals surface area contributed by atoms with E-state index < -0.39 is 0 Å². The Bertz CT molecular complexity index is 605. The molecule has 1 fully saturated rings. The van der Waals surface area contributed by atoms with Crippen molar-refractivity contribution in [2.45, 2.75) is 31.8 Å². The lowest BCUT2D eigenvalue weighted by molar-refractivity contribution is 0.0926. The van der Waals surface area contributed by atoms with Gasteiger partial charge in [-0.25, -0.2) is 0 Å². The van der Waals surface area contributed by atoms with E-state index in [0.717, 1.165) is 24.9 Å². The molecule has 1 saturated heterocycles. The molecule has 110 valence electrons. The number of nitrogens with one attached hydrogen (secondary N) is 2. The summed E-state index contributed by atoms with van der Waals surface area (Å²) in [5, 5.41) is 9.91. The Morgan fingerprint density at radius 2 is 2.24 bits per heavy atom. The van der Waals surface area contributed by atoms with E-state index in [1.807, 2.05) is 37.3 Å². The van der Waals surface area contributed by atoms with E-state index in [1.165, 1.54) is 0 Å². The van der Waals surface area contributed by atoms with Gasteiger partial charge in [0.15, 0.2) is 0 Å². The molecule has 0 radical (unpaired) electrons. The minimum absolute atomic E-state index is 0.0746. The quantitative estimate of drug-likeness (QED) is 0.898. The largest absolute Gasteiger partial charge is 0.343 e. The van der Waals surface area contributed by atoms with Crippen molar-refractivity contribution in [3.8, 4) is 0 Å². The number of hydrogen-bond acceptors (Lipinski definition) is 5. The number of benzene rings is 1. The fourth-order valence-corrected chi connectivity index (χ4v) is 2.45. The van der Waals surface area contributed by atoms with Crippen LogP contribution in [-0.4, -0.2) is 22.6 Å². The van der Waals surface area contributed by atoms with Crippen LogP contribution >= 0.6 is 0 Å². The molecule has 1 aromatic carbocycles. The van der Waals surface area contributed by atoms with Gasteiger partial charge in [-0.15, -0.1) is 0 Å². The van der Waals surface area contributed by atoms with Crippen LogP contribution in [0.3, 0.4) is 0 Å². The van der Waals surface area contributed by atoms with Crippen LogP contribution in [0.25, 0.3) is 0 Å². The fourth-order valence-electron chi connectivity index (χ4n) is 2.45. The molecule has 0 bridgehead atoms. The van der Waals surface area contributed by atoms with E-state index >= 15 is 0 Å². The van der Waals surface area contributed by atoms with Crippen LogP contribution in [0.15, 0.2) is 34.9 Å². The van der Waals surface area contributed by atoms with Crippen LogP contribution in [-0.2, 0) is 0 Å². The molecular formula is C15H18N4O2. The molecular weight excluding hydrogens is 268 g/mol. The molecule has 0 saturated carbocycles. The summed E-state index contributed by atoms with van der Waals surface area (Å²) in [6, 6.07) is 9.73. The van der Waals surface area contributed by atoms with Gasteiger partial charge in [0.1, 0.15) is 0 Å². The second-order valence-electron chi connectivity index (χ2n) is 5.21. The molecule has 1 amide bonds. The maximum absolute atomic E-state index is 12.1. The number of aromatic nitrogens is 2. The lowest BCUT2D eigenvalue weighted by atomic mass is 10.1. The van der Waals surface area contributed by atoms with Crippen LogP contribution in [0.2, 0.25) is 0 Å². The molecule has 1 aromatic heterocycles. The highest BCUT2D eigenvalue weighted by Gasteiger charge is 2.24. The molecule has 2 heterocycles. The third-order valence-corrected chi connectivity index (χ3v) is 3.65. The minimum Gasteiger partial charge on any atom is -0.343 e. The Balaban J connectivity index is 1.65. The number of carbonyl (C=O) groups excluding carboxylic acids is 1. The van der Waals surface area contributed by atoms with Gasteiger partial charge in [-0.3, -0.25) is 4.79 Å². The van der Waals surface area contributed by atoms with Crippen molar-refractivity contribution in [2.75, 3.05) is 6.54 Å². The highest BCUT2D eigenvalue weighted by molar-refractivity contribution is 5.90. The van der Waals surface area contributed by atoms with E-state index in [2.05, 4.69) is 20.8 Å². The summed E-state index contributed by atoms with van der Waals surface area (Å²) in [4.78, 5) is 16.3. The van der Waals surface area contributed by atoms with E-state index in [0.29, 0.717) is 5.89 Å². The molecule has 2 aromatic rings. The first-order valence-electron chi connectivity index (χ1n) is 7.17. The zero-order valence-corrected chi connectivity index (χ0v) is 11.9. The van der Waals surface area contributed by atoms with Crippen LogP contribution < -0.4 is 10.6 Å². The predicted molar refractivity (Wildman–Crippen MR) is 76.6 cm³/mol. The average Bonchev–Trinajstić information content (AvgIpc) is 3.19. The zero-order chi connectivity index (χ0) is 14.7. The van der Waals surface area contributed by atoms with Crippen molar-refractivity contribution in [3.63, 3.8) is 0 Å². The molecule has 2 N–H and O–H groups in total. The average molecular weight is 286 g/mol. The highest BCUT2D eigenvalue weighted by Crippen LogP contribution is 2.21. The second kappa shape index (κ2) is 6.05. The first kappa shape index (κ1) is 13.8. The summed E-state index contributed by atoms with van der Waals surface area (Å²) in [5.41, 5.74) is 1.03. The Hall–Kier alpha value is -2.21. The van der Waals surface area contributed by atoms with Gasteiger partial charge in [0, 0.05) is 0 Å². The van der Waals surface area contributed by atoms with Gasteiger partial charge in [0.2, 0.25) is 5.89 Å². The van der Waals surface area contributed by atoms with Crippen LogP contribution in [0, 0.1) is 0 Å². The normalized spacial score (nSPS) is 19.4. The van der Waals surface area contributed by atoms with Crippen LogP contribution in [0.1, 0.15) is 53.9 Å². The maximum atomic E-state index is 12.1. The Kier molecular flexibility index (Phi) is 3.96. The molecule has 6 heteroatoms. The van der Waals surface area contributed by atoms with Crippen molar-refractivity contribution in [2.24, 2.45) is 0 Å². The van der Waals surface area contributed by atoms with E-state index in [1.54, 1.807) is 0 Å². The van der Waals surface area contributed by atoms with E-state index in [9.17, 15) is 4.79 Å². The summed E-state index contributed by atoms with van der Waals surface area (Å²) in [7, 11) is 0.